The standard InChI is InChI=1S/C9H16O4/c1-9(2)4-6(13-5-9)3-7(10)8(11)12/h6-7,10H,3-5H2,1-2H3,(H,11,12). The summed E-state index contributed by atoms with van der Waals surface area (Å²) in [5.74, 6) is -1.17. The predicted molar refractivity (Wildman–Crippen MR) is 46.4 cm³/mol. The number of hydrogen-bond donors (Lipinski definition) is 2. The number of hydrogen-bond acceptors (Lipinski definition) is 3. The van der Waals surface area contributed by atoms with Crippen molar-refractivity contribution in [2.45, 2.75) is 38.9 Å². The second kappa shape index (κ2) is 3.64. The summed E-state index contributed by atoms with van der Waals surface area (Å²) in [6.07, 6.45) is -0.393. The molecule has 0 aromatic rings. The van der Waals surface area contributed by atoms with Crippen molar-refractivity contribution in [2.24, 2.45) is 5.41 Å². The maximum atomic E-state index is 10.3. The fourth-order valence-electron chi connectivity index (χ4n) is 1.58. The Bertz CT molecular complexity index is 200. The van der Waals surface area contributed by atoms with Crippen molar-refractivity contribution in [1.29, 1.82) is 0 Å². The van der Waals surface area contributed by atoms with Gasteiger partial charge in [0.25, 0.3) is 0 Å². The molecule has 0 bridgehead atoms. The van der Waals surface area contributed by atoms with Gasteiger partial charge in [0.2, 0.25) is 0 Å². The van der Waals surface area contributed by atoms with Crippen molar-refractivity contribution in [3.8, 4) is 0 Å². The van der Waals surface area contributed by atoms with Crippen LogP contribution in [-0.2, 0) is 9.53 Å². The highest BCUT2D eigenvalue weighted by atomic mass is 16.5. The Kier molecular flexibility index (Phi) is 2.93. The van der Waals surface area contributed by atoms with Crippen LogP contribution in [0.4, 0.5) is 0 Å². The first-order valence-corrected chi connectivity index (χ1v) is 4.43. The fraction of sp³-hybridized carbons (Fsp3) is 0.889. The van der Waals surface area contributed by atoms with Gasteiger partial charge in [-0.1, -0.05) is 13.8 Å². The number of carboxylic acid groups (broad SMARTS) is 1. The number of rotatable bonds is 3. The Morgan fingerprint density at radius 1 is 1.69 bits per heavy atom. The van der Waals surface area contributed by atoms with Crippen molar-refractivity contribution < 1.29 is 19.7 Å². The Labute approximate surface area is 77.5 Å². The molecule has 0 saturated carbocycles. The second-order valence-electron chi connectivity index (χ2n) is 4.39. The number of ether oxygens (including phenoxy) is 1. The third-order valence-electron chi connectivity index (χ3n) is 2.26. The maximum absolute atomic E-state index is 10.3. The summed E-state index contributed by atoms with van der Waals surface area (Å²) in [5.41, 5.74) is 0.114. The molecular weight excluding hydrogens is 172 g/mol. The second-order valence-corrected chi connectivity index (χ2v) is 4.39. The van der Waals surface area contributed by atoms with Gasteiger partial charge in [-0.25, -0.2) is 4.79 Å². The van der Waals surface area contributed by atoms with Crippen molar-refractivity contribution >= 4 is 5.97 Å². The molecule has 0 spiro atoms. The Morgan fingerprint density at radius 2 is 2.31 bits per heavy atom. The summed E-state index contributed by atoms with van der Waals surface area (Å²) in [5, 5.41) is 17.5. The van der Waals surface area contributed by atoms with Crippen LogP contribution in [-0.4, -0.2) is 35.0 Å². The molecule has 1 saturated heterocycles. The van der Waals surface area contributed by atoms with E-state index in [1.807, 2.05) is 0 Å². The van der Waals surface area contributed by atoms with E-state index in [2.05, 4.69) is 13.8 Å². The molecule has 0 amide bonds. The van der Waals surface area contributed by atoms with E-state index in [0.717, 1.165) is 6.42 Å². The molecular formula is C9H16O4. The van der Waals surface area contributed by atoms with Crippen LogP contribution in [0, 0.1) is 5.41 Å². The van der Waals surface area contributed by atoms with E-state index in [1.165, 1.54) is 0 Å². The van der Waals surface area contributed by atoms with Crippen LogP contribution in [0.25, 0.3) is 0 Å². The largest absolute Gasteiger partial charge is 0.479 e. The zero-order valence-electron chi connectivity index (χ0n) is 7.99. The number of aliphatic hydroxyl groups is 1. The molecule has 2 unspecified atom stereocenters. The molecule has 1 fully saturated rings. The van der Waals surface area contributed by atoms with Crippen LogP contribution in [0.15, 0.2) is 0 Å². The zero-order chi connectivity index (χ0) is 10.1. The molecule has 1 rings (SSSR count). The van der Waals surface area contributed by atoms with Gasteiger partial charge in [0.1, 0.15) is 0 Å². The van der Waals surface area contributed by atoms with E-state index in [4.69, 9.17) is 14.9 Å². The minimum atomic E-state index is -1.29. The molecule has 2 atom stereocenters. The maximum Gasteiger partial charge on any atom is 0.332 e. The van der Waals surface area contributed by atoms with Gasteiger partial charge in [-0.3, -0.25) is 0 Å². The summed E-state index contributed by atoms with van der Waals surface area (Å²) < 4.78 is 5.37. The molecule has 0 radical (unpaired) electrons. The summed E-state index contributed by atoms with van der Waals surface area (Å²) >= 11 is 0. The molecule has 4 heteroatoms. The van der Waals surface area contributed by atoms with Crippen molar-refractivity contribution in [3.63, 3.8) is 0 Å². The molecule has 4 nitrogen and oxygen atoms in total. The normalized spacial score (nSPS) is 28.7. The summed E-state index contributed by atoms with van der Waals surface area (Å²) in [7, 11) is 0. The number of aliphatic carboxylic acids is 1. The van der Waals surface area contributed by atoms with Crippen LogP contribution in [0.5, 0.6) is 0 Å². The minimum absolute atomic E-state index is 0.110. The highest BCUT2D eigenvalue weighted by molar-refractivity contribution is 5.71. The van der Waals surface area contributed by atoms with Gasteiger partial charge in [-0.15, -0.1) is 0 Å². The molecule has 0 aromatic heterocycles. The highest BCUT2D eigenvalue weighted by Crippen LogP contribution is 2.33. The summed E-state index contributed by atoms with van der Waals surface area (Å²) in [4.78, 5) is 10.3. The van der Waals surface area contributed by atoms with E-state index in [1.54, 1.807) is 0 Å². The molecule has 0 aromatic carbocycles. The topological polar surface area (TPSA) is 66.8 Å². The summed E-state index contributed by atoms with van der Waals surface area (Å²) in [6, 6.07) is 0. The lowest BCUT2D eigenvalue weighted by molar-refractivity contribution is -0.148. The first-order chi connectivity index (χ1) is 5.91. The van der Waals surface area contributed by atoms with Crippen LogP contribution >= 0.6 is 0 Å². The molecule has 1 heterocycles. The van der Waals surface area contributed by atoms with Crippen molar-refractivity contribution in [1.82, 2.24) is 0 Å². The van der Waals surface area contributed by atoms with Crippen LogP contribution < -0.4 is 0 Å². The van der Waals surface area contributed by atoms with Gasteiger partial charge in [0.15, 0.2) is 6.10 Å². The van der Waals surface area contributed by atoms with Gasteiger partial charge >= 0.3 is 5.97 Å². The van der Waals surface area contributed by atoms with E-state index >= 15 is 0 Å². The Balaban J connectivity index is 2.36. The van der Waals surface area contributed by atoms with Gasteiger partial charge in [-0.05, 0) is 11.8 Å². The van der Waals surface area contributed by atoms with Gasteiger partial charge < -0.3 is 14.9 Å². The van der Waals surface area contributed by atoms with Crippen molar-refractivity contribution in [3.05, 3.63) is 0 Å². The number of carboxylic acids is 1. The summed E-state index contributed by atoms with van der Waals surface area (Å²) in [6.45, 7) is 4.78. The third kappa shape index (κ3) is 2.97. The monoisotopic (exact) mass is 188 g/mol. The average Bonchev–Trinajstić information content (AvgIpc) is 2.30. The van der Waals surface area contributed by atoms with E-state index in [-0.39, 0.29) is 17.9 Å². The zero-order valence-corrected chi connectivity index (χ0v) is 7.99. The Hall–Kier alpha value is -0.610. The highest BCUT2D eigenvalue weighted by Gasteiger charge is 2.34. The molecule has 76 valence electrons. The number of aliphatic hydroxyl groups excluding tert-OH is 1. The quantitative estimate of drug-likeness (QED) is 0.682. The molecule has 0 aliphatic carbocycles. The molecule has 1 aliphatic heterocycles. The van der Waals surface area contributed by atoms with E-state index < -0.39 is 12.1 Å². The van der Waals surface area contributed by atoms with Crippen LogP contribution in [0.3, 0.4) is 0 Å². The number of carbonyl (C=O) groups is 1. The van der Waals surface area contributed by atoms with Gasteiger partial charge in [0, 0.05) is 6.42 Å². The molecule has 2 N–H and O–H groups in total. The lowest BCUT2D eigenvalue weighted by Crippen LogP contribution is -2.25. The first kappa shape index (κ1) is 10.5. The smallest absolute Gasteiger partial charge is 0.332 e. The predicted octanol–water partition coefficient (Wildman–Crippen LogP) is 0.637. The first-order valence-electron chi connectivity index (χ1n) is 4.43. The fourth-order valence-corrected chi connectivity index (χ4v) is 1.58. The SMILES string of the molecule is CC1(C)COC(CC(O)C(=O)O)C1. The minimum Gasteiger partial charge on any atom is -0.479 e. The average molecular weight is 188 g/mol. The molecule has 13 heavy (non-hydrogen) atoms. The van der Waals surface area contributed by atoms with Gasteiger partial charge in [-0.2, -0.15) is 0 Å². The van der Waals surface area contributed by atoms with E-state index in [9.17, 15) is 4.79 Å². The van der Waals surface area contributed by atoms with Crippen LogP contribution in [0.2, 0.25) is 0 Å². The van der Waals surface area contributed by atoms with E-state index in [0.29, 0.717) is 6.61 Å². The van der Waals surface area contributed by atoms with Crippen molar-refractivity contribution in [2.75, 3.05) is 6.61 Å². The van der Waals surface area contributed by atoms with Crippen LogP contribution in [0.1, 0.15) is 26.7 Å². The Morgan fingerprint density at radius 3 is 2.69 bits per heavy atom. The lowest BCUT2D eigenvalue weighted by atomic mass is 9.89. The van der Waals surface area contributed by atoms with Gasteiger partial charge in [0.05, 0.1) is 12.7 Å². The third-order valence-corrected chi connectivity index (χ3v) is 2.26. The molecule has 1 aliphatic rings. The lowest BCUT2D eigenvalue weighted by Gasteiger charge is -2.14.